The second kappa shape index (κ2) is 3.20. The Labute approximate surface area is 63.1 Å². The molecule has 0 unspecified atom stereocenters. The van der Waals surface area contributed by atoms with E-state index in [0.29, 0.717) is 5.41 Å². The molecular weight excluding hydrogens is 124 g/mol. The zero-order chi connectivity index (χ0) is 7.45. The highest BCUT2D eigenvalue weighted by Crippen LogP contribution is 2.42. The van der Waals surface area contributed by atoms with E-state index in [2.05, 4.69) is 19.1 Å². The van der Waals surface area contributed by atoms with Gasteiger partial charge >= 0.3 is 0 Å². The minimum Gasteiger partial charge on any atom is -0.384 e. The third-order valence-corrected chi connectivity index (χ3v) is 2.30. The van der Waals surface area contributed by atoms with Gasteiger partial charge in [-0.15, -0.1) is 0 Å². The Morgan fingerprint density at radius 2 is 2.20 bits per heavy atom. The summed E-state index contributed by atoms with van der Waals surface area (Å²) in [5.74, 6) is 0. The van der Waals surface area contributed by atoms with Crippen LogP contribution in [0.2, 0.25) is 0 Å². The first-order valence-corrected chi connectivity index (χ1v) is 3.96. The summed E-state index contributed by atoms with van der Waals surface area (Å²) in [6.45, 7) is 2.98. The lowest BCUT2D eigenvalue weighted by atomic mass is 9.69. The predicted octanol–water partition coefficient (Wildman–Crippen LogP) is 2.38. The molecule has 0 aromatic rings. The monoisotopic (exact) mass is 140 g/mol. The zero-order valence-corrected chi connectivity index (χ0v) is 6.89. The van der Waals surface area contributed by atoms with E-state index in [4.69, 9.17) is 4.74 Å². The summed E-state index contributed by atoms with van der Waals surface area (Å²) in [5, 5.41) is 0. The lowest BCUT2D eigenvalue weighted by Crippen LogP contribution is -2.31. The normalized spacial score (nSPS) is 23.0. The third kappa shape index (κ3) is 1.40. The molecule has 1 aliphatic carbocycles. The van der Waals surface area contributed by atoms with E-state index < -0.39 is 0 Å². The van der Waals surface area contributed by atoms with Gasteiger partial charge in [-0.3, -0.25) is 0 Å². The summed E-state index contributed by atoms with van der Waals surface area (Å²) in [5.41, 5.74) is 0.420. The van der Waals surface area contributed by atoms with Crippen molar-refractivity contribution in [2.75, 3.05) is 13.7 Å². The molecule has 0 saturated heterocycles. The van der Waals surface area contributed by atoms with E-state index in [1.807, 2.05) is 0 Å². The average molecular weight is 140 g/mol. The van der Waals surface area contributed by atoms with E-state index in [1.54, 1.807) is 7.11 Å². The van der Waals surface area contributed by atoms with Crippen molar-refractivity contribution in [3.63, 3.8) is 0 Å². The van der Waals surface area contributed by atoms with Crippen LogP contribution in [0.1, 0.15) is 26.2 Å². The van der Waals surface area contributed by atoms with Crippen molar-refractivity contribution < 1.29 is 4.74 Å². The van der Waals surface area contributed by atoms with E-state index in [1.165, 1.54) is 19.3 Å². The summed E-state index contributed by atoms with van der Waals surface area (Å²) in [4.78, 5) is 0. The average Bonchev–Trinajstić information content (AvgIpc) is 1.84. The van der Waals surface area contributed by atoms with Crippen LogP contribution in [0.4, 0.5) is 0 Å². The number of allylic oxidation sites excluding steroid dienone is 1. The van der Waals surface area contributed by atoms with Crippen LogP contribution in [0.3, 0.4) is 0 Å². The van der Waals surface area contributed by atoms with Crippen molar-refractivity contribution in [2.45, 2.75) is 26.2 Å². The van der Waals surface area contributed by atoms with Crippen LogP contribution in [0.15, 0.2) is 12.2 Å². The first-order chi connectivity index (χ1) is 4.83. The maximum atomic E-state index is 5.15. The Morgan fingerprint density at radius 1 is 1.50 bits per heavy atom. The number of hydrogen-bond donors (Lipinski definition) is 0. The highest BCUT2D eigenvalue weighted by Gasteiger charge is 2.33. The van der Waals surface area contributed by atoms with Gasteiger partial charge < -0.3 is 4.74 Å². The summed E-state index contributed by atoms with van der Waals surface area (Å²) >= 11 is 0. The number of methoxy groups -OCH3 is 1. The first-order valence-electron chi connectivity index (χ1n) is 3.96. The van der Waals surface area contributed by atoms with Crippen LogP contribution in [0, 0.1) is 5.41 Å². The molecule has 0 aromatic carbocycles. The Balaban J connectivity index is 2.42. The minimum atomic E-state index is 0.420. The van der Waals surface area contributed by atoms with Crippen LogP contribution >= 0.6 is 0 Å². The molecule has 1 aliphatic rings. The van der Waals surface area contributed by atoms with Gasteiger partial charge in [-0.05, 0) is 19.8 Å². The molecule has 0 N–H and O–H groups in total. The largest absolute Gasteiger partial charge is 0.384 e. The molecule has 1 saturated carbocycles. The molecule has 0 amide bonds. The molecular formula is C9H16O. The van der Waals surface area contributed by atoms with E-state index >= 15 is 0 Å². The molecule has 58 valence electrons. The molecule has 10 heavy (non-hydrogen) atoms. The fourth-order valence-electron chi connectivity index (χ4n) is 1.63. The SMILES string of the molecule is C/C=C/C1(COC)CCC1. The van der Waals surface area contributed by atoms with Crippen molar-refractivity contribution in [1.82, 2.24) is 0 Å². The van der Waals surface area contributed by atoms with Crippen molar-refractivity contribution in [1.29, 1.82) is 0 Å². The van der Waals surface area contributed by atoms with E-state index in [9.17, 15) is 0 Å². The molecule has 0 aliphatic heterocycles. The van der Waals surface area contributed by atoms with Gasteiger partial charge in [0.15, 0.2) is 0 Å². The van der Waals surface area contributed by atoms with Crippen LogP contribution in [0.25, 0.3) is 0 Å². The van der Waals surface area contributed by atoms with Gasteiger partial charge in [0, 0.05) is 12.5 Å². The molecule has 1 fully saturated rings. The lowest BCUT2D eigenvalue weighted by Gasteiger charge is -2.38. The summed E-state index contributed by atoms with van der Waals surface area (Å²) in [6.07, 6.45) is 8.42. The molecule has 0 bridgehead atoms. The summed E-state index contributed by atoms with van der Waals surface area (Å²) in [6, 6.07) is 0. The second-order valence-corrected chi connectivity index (χ2v) is 3.15. The van der Waals surface area contributed by atoms with E-state index in [-0.39, 0.29) is 0 Å². The van der Waals surface area contributed by atoms with Gasteiger partial charge in [-0.2, -0.15) is 0 Å². The van der Waals surface area contributed by atoms with Gasteiger partial charge in [-0.25, -0.2) is 0 Å². The van der Waals surface area contributed by atoms with Crippen molar-refractivity contribution in [2.24, 2.45) is 5.41 Å². The van der Waals surface area contributed by atoms with Crippen LogP contribution < -0.4 is 0 Å². The molecule has 0 atom stereocenters. The number of ether oxygens (including phenoxy) is 1. The van der Waals surface area contributed by atoms with Gasteiger partial charge in [0.05, 0.1) is 6.61 Å². The molecule has 0 aromatic heterocycles. The molecule has 0 heterocycles. The minimum absolute atomic E-state index is 0.420. The van der Waals surface area contributed by atoms with E-state index in [0.717, 1.165) is 6.61 Å². The highest BCUT2D eigenvalue weighted by atomic mass is 16.5. The molecule has 0 radical (unpaired) electrons. The first kappa shape index (κ1) is 7.80. The van der Waals surface area contributed by atoms with Crippen molar-refractivity contribution >= 4 is 0 Å². The standard InChI is InChI=1S/C9H16O/c1-3-5-9(8-10-2)6-4-7-9/h3,5H,4,6-8H2,1-2H3/b5-3+. The Bertz CT molecular complexity index is 123. The van der Waals surface area contributed by atoms with Gasteiger partial charge in [-0.1, -0.05) is 18.6 Å². The van der Waals surface area contributed by atoms with Gasteiger partial charge in [0.25, 0.3) is 0 Å². The van der Waals surface area contributed by atoms with Gasteiger partial charge in [0.2, 0.25) is 0 Å². The summed E-state index contributed by atoms with van der Waals surface area (Å²) < 4.78 is 5.15. The maximum absolute atomic E-state index is 5.15. The topological polar surface area (TPSA) is 9.23 Å². The van der Waals surface area contributed by atoms with Crippen molar-refractivity contribution in [3.8, 4) is 0 Å². The summed E-state index contributed by atoms with van der Waals surface area (Å²) in [7, 11) is 1.78. The van der Waals surface area contributed by atoms with Crippen molar-refractivity contribution in [3.05, 3.63) is 12.2 Å². The fourth-order valence-corrected chi connectivity index (χ4v) is 1.63. The highest BCUT2D eigenvalue weighted by molar-refractivity contribution is 5.03. The molecule has 1 nitrogen and oxygen atoms in total. The Hall–Kier alpha value is -0.300. The van der Waals surface area contributed by atoms with Gasteiger partial charge in [0.1, 0.15) is 0 Å². The Morgan fingerprint density at radius 3 is 2.50 bits per heavy atom. The molecule has 1 heteroatoms. The van der Waals surface area contributed by atoms with Crippen LogP contribution in [0.5, 0.6) is 0 Å². The number of hydrogen-bond acceptors (Lipinski definition) is 1. The third-order valence-electron chi connectivity index (χ3n) is 2.30. The fraction of sp³-hybridized carbons (Fsp3) is 0.778. The maximum Gasteiger partial charge on any atom is 0.0553 e. The van der Waals surface area contributed by atoms with Crippen LogP contribution in [-0.2, 0) is 4.74 Å². The quantitative estimate of drug-likeness (QED) is 0.547. The van der Waals surface area contributed by atoms with Crippen LogP contribution in [-0.4, -0.2) is 13.7 Å². The predicted molar refractivity (Wildman–Crippen MR) is 43.0 cm³/mol. The Kier molecular flexibility index (Phi) is 2.50. The molecule has 0 spiro atoms. The number of rotatable bonds is 3. The second-order valence-electron chi connectivity index (χ2n) is 3.15. The molecule has 1 rings (SSSR count). The smallest absolute Gasteiger partial charge is 0.0553 e. The zero-order valence-electron chi connectivity index (χ0n) is 6.89. The lowest BCUT2D eigenvalue weighted by molar-refractivity contribution is 0.0564.